The Balaban J connectivity index is 1.77. The summed E-state index contributed by atoms with van der Waals surface area (Å²) in [6, 6.07) is 22.4. The summed E-state index contributed by atoms with van der Waals surface area (Å²) in [5.74, 6) is 0.219. The molecule has 3 aromatic carbocycles. The largest absolute Gasteiger partial charge is 0.207 e. The van der Waals surface area contributed by atoms with Crippen molar-refractivity contribution in [3.8, 4) is 6.07 Å². The van der Waals surface area contributed by atoms with Gasteiger partial charge in [-0.25, -0.2) is 8.78 Å². The third kappa shape index (κ3) is 5.54. The predicted octanol–water partition coefficient (Wildman–Crippen LogP) is 6.52. The van der Waals surface area contributed by atoms with Gasteiger partial charge in [0.2, 0.25) is 0 Å². The second kappa shape index (κ2) is 9.16. The van der Waals surface area contributed by atoms with Gasteiger partial charge in [0.15, 0.2) is 0 Å². The average Bonchev–Trinajstić information content (AvgIpc) is 2.70. The van der Waals surface area contributed by atoms with E-state index in [1.165, 1.54) is 24.3 Å². The standard InChI is InChI=1S/C23H17F2NS/c24-21-10-5-17(6-11-21)7-14-23(20-8-12-22(25)13-9-20)27-16-19-3-1-18(15-26)2-4-19/h1-14,23H,16H2. The molecule has 0 N–H and O–H groups in total. The van der Waals surface area contributed by atoms with Crippen LogP contribution in [-0.4, -0.2) is 0 Å². The van der Waals surface area contributed by atoms with Crippen molar-refractivity contribution >= 4 is 17.8 Å². The van der Waals surface area contributed by atoms with Crippen molar-refractivity contribution in [1.29, 1.82) is 5.26 Å². The van der Waals surface area contributed by atoms with Crippen molar-refractivity contribution < 1.29 is 8.78 Å². The summed E-state index contributed by atoms with van der Waals surface area (Å²) in [6.07, 6.45) is 3.98. The fourth-order valence-corrected chi connectivity index (χ4v) is 3.65. The molecule has 0 aliphatic carbocycles. The second-order valence-corrected chi connectivity index (χ2v) is 7.13. The Morgan fingerprint density at radius 1 is 0.852 bits per heavy atom. The minimum absolute atomic E-state index is 0.0197. The first-order valence-electron chi connectivity index (χ1n) is 8.44. The Bertz CT molecular complexity index is 940. The number of hydrogen-bond donors (Lipinski definition) is 0. The SMILES string of the molecule is N#Cc1ccc(CSC(C=Cc2ccc(F)cc2)c2ccc(F)cc2)cc1. The minimum Gasteiger partial charge on any atom is -0.207 e. The quantitative estimate of drug-likeness (QED) is 0.488. The highest BCUT2D eigenvalue weighted by molar-refractivity contribution is 7.98. The maximum absolute atomic E-state index is 13.3. The van der Waals surface area contributed by atoms with Crippen LogP contribution in [-0.2, 0) is 5.75 Å². The van der Waals surface area contributed by atoms with Crippen molar-refractivity contribution in [2.24, 2.45) is 0 Å². The molecule has 1 unspecified atom stereocenters. The summed E-state index contributed by atoms with van der Waals surface area (Å²) in [6.45, 7) is 0. The fourth-order valence-electron chi connectivity index (χ4n) is 2.55. The summed E-state index contributed by atoms with van der Waals surface area (Å²) >= 11 is 1.70. The summed E-state index contributed by atoms with van der Waals surface area (Å²) in [5.41, 5.74) is 3.65. The Kier molecular flexibility index (Phi) is 6.40. The molecule has 0 saturated heterocycles. The molecular weight excluding hydrogens is 360 g/mol. The highest BCUT2D eigenvalue weighted by Gasteiger charge is 2.10. The lowest BCUT2D eigenvalue weighted by Crippen LogP contribution is -1.93. The molecule has 27 heavy (non-hydrogen) atoms. The van der Waals surface area contributed by atoms with Crippen LogP contribution in [0.4, 0.5) is 8.78 Å². The van der Waals surface area contributed by atoms with Crippen LogP contribution in [0.1, 0.15) is 27.5 Å². The topological polar surface area (TPSA) is 23.8 Å². The number of thioether (sulfide) groups is 1. The van der Waals surface area contributed by atoms with E-state index in [2.05, 4.69) is 6.07 Å². The van der Waals surface area contributed by atoms with Crippen LogP contribution in [0.5, 0.6) is 0 Å². The van der Waals surface area contributed by atoms with Crippen LogP contribution < -0.4 is 0 Å². The van der Waals surface area contributed by atoms with Crippen molar-refractivity contribution in [3.05, 3.63) is 113 Å². The zero-order valence-electron chi connectivity index (χ0n) is 14.5. The molecule has 0 radical (unpaired) electrons. The molecule has 0 amide bonds. The van der Waals surface area contributed by atoms with Crippen LogP contribution in [0.2, 0.25) is 0 Å². The highest BCUT2D eigenvalue weighted by Crippen LogP contribution is 2.33. The maximum Gasteiger partial charge on any atom is 0.123 e. The molecule has 3 rings (SSSR count). The van der Waals surface area contributed by atoms with Gasteiger partial charge in [0.05, 0.1) is 11.6 Å². The molecule has 134 valence electrons. The lowest BCUT2D eigenvalue weighted by atomic mass is 10.1. The summed E-state index contributed by atoms with van der Waals surface area (Å²) < 4.78 is 26.3. The van der Waals surface area contributed by atoms with Gasteiger partial charge in [-0.15, -0.1) is 11.8 Å². The predicted molar refractivity (Wildman–Crippen MR) is 107 cm³/mol. The first-order valence-corrected chi connectivity index (χ1v) is 9.49. The molecule has 0 bridgehead atoms. The molecule has 0 saturated carbocycles. The van der Waals surface area contributed by atoms with Gasteiger partial charge < -0.3 is 0 Å². The molecule has 0 fully saturated rings. The highest BCUT2D eigenvalue weighted by atomic mass is 32.2. The van der Waals surface area contributed by atoms with Crippen LogP contribution >= 0.6 is 11.8 Å². The lowest BCUT2D eigenvalue weighted by Gasteiger charge is -2.13. The summed E-state index contributed by atoms with van der Waals surface area (Å²) in [7, 11) is 0. The molecule has 0 aromatic heterocycles. The van der Waals surface area contributed by atoms with Crippen molar-refractivity contribution in [2.45, 2.75) is 11.0 Å². The molecule has 3 aromatic rings. The van der Waals surface area contributed by atoms with E-state index in [4.69, 9.17) is 5.26 Å². The van der Waals surface area contributed by atoms with Crippen molar-refractivity contribution in [1.82, 2.24) is 0 Å². The van der Waals surface area contributed by atoms with E-state index in [9.17, 15) is 8.78 Å². The van der Waals surface area contributed by atoms with Gasteiger partial charge >= 0.3 is 0 Å². The Morgan fingerprint density at radius 3 is 2.04 bits per heavy atom. The molecule has 0 aliphatic heterocycles. The Hall–Kier alpha value is -2.90. The van der Waals surface area contributed by atoms with Gasteiger partial charge in [0.1, 0.15) is 11.6 Å². The molecule has 0 spiro atoms. The van der Waals surface area contributed by atoms with Gasteiger partial charge in [0.25, 0.3) is 0 Å². The number of halogens is 2. The lowest BCUT2D eigenvalue weighted by molar-refractivity contribution is 0.627. The van der Waals surface area contributed by atoms with E-state index in [1.807, 2.05) is 24.3 Å². The molecule has 0 heterocycles. The smallest absolute Gasteiger partial charge is 0.123 e. The summed E-state index contributed by atoms with van der Waals surface area (Å²) in [5, 5.41) is 8.91. The van der Waals surface area contributed by atoms with Crippen LogP contribution in [0, 0.1) is 23.0 Å². The van der Waals surface area contributed by atoms with Gasteiger partial charge in [-0.1, -0.05) is 48.6 Å². The van der Waals surface area contributed by atoms with E-state index in [-0.39, 0.29) is 16.9 Å². The normalized spacial score (nSPS) is 12.0. The van der Waals surface area contributed by atoms with Crippen LogP contribution in [0.3, 0.4) is 0 Å². The maximum atomic E-state index is 13.3. The number of nitrogens with zero attached hydrogens (tertiary/aromatic N) is 1. The first-order chi connectivity index (χ1) is 13.1. The molecule has 1 nitrogen and oxygen atoms in total. The average molecular weight is 377 g/mol. The zero-order valence-corrected chi connectivity index (χ0v) is 15.3. The van der Waals surface area contributed by atoms with Crippen LogP contribution in [0.25, 0.3) is 6.08 Å². The number of nitriles is 1. The molecular formula is C23H17F2NS. The number of benzene rings is 3. The molecule has 0 aliphatic rings. The van der Waals surface area contributed by atoms with Crippen molar-refractivity contribution in [3.63, 3.8) is 0 Å². The van der Waals surface area contributed by atoms with Crippen molar-refractivity contribution in [2.75, 3.05) is 0 Å². The fraction of sp³-hybridized carbons (Fsp3) is 0.0870. The molecule has 4 heteroatoms. The van der Waals surface area contributed by atoms with Crippen LogP contribution in [0.15, 0.2) is 78.9 Å². The summed E-state index contributed by atoms with van der Waals surface area (Å²) in [4.78, 5) is 0. The minimum atomic E-state index is -0.267. The molecule has 1 atom stereocenters. The Labute approximate surface area is 162 Å². The van der Waals surface area contributed by atoms with Gasteiger partial charge in [-0.3, -0.25) is 0 Å². The monoisotopic (exact) mass is 377 g/mol. The number of rotatable bonds is 6. The van der Waals surface area contributed by atoms with Gasteiger partial charge in [-0.05, 0) is 53.1 Å². The van der Waals surface area contributed by atoms with E-state index in [1.54, 1.807) is 48.2 Å². The second-order valence-electron chi connectivity index (χ2n) is 6.00. The third-order valence-electron chi connectivity index (χ3n) is 4.04. The van der Waals surface area contributed by atoms with E-state index in [0.717, 1.165) is 22.4 Å². The van der Waals surface area contributed by atoms with Gasteiger partial charge in [-0.2, -0.15) is 5.26 Å². The zero-order chi connectivity index (χ0) is 19.1. The van der Waals surface area contributed by atoms with E-state index >= 15 is 0 Å². The van der Waals surface area contributed by atoms with E-state index in [0.29, 0.717) is 5.56 Å². The van der Waals surface area contributed by atoms with E-state index < -0.39 is 0 Å². The van der Waals surface area contributed by atoms with Gasteiger partial charge in [0, 0.05) is 11.0 Å². The third-order valence-corrected chi connectivity index (χ3v) is 5.33. The number of hydrogen-bond acceptors (Lipinski definition) is 2. The Morgan fingerprint density at radius 2 is 1.44 bits per heavy atom. The first kappa shape index (κ1) is 18.9.